The van der Waals surface area contributed by atoms with Gasteiger partial charge in [0, 0.05) is 107 Å². The largest absolute Gasteiger partial charge is 0.507 e. The Morgan fingerprint density at radius 3 is 2.37 bits per heavy atom. The molecule has 0 spiro atoms. The number of hydrogen-bond donors (Lipinski definition) is 5. The number of nitrogens with one attached hydrogen (secondary N) is 1. The van der Waals surface area contributed by atoms with Gasteiger partial charge in [0.05, 0.1) is 46.2 Å². The number of nitrogens with two attached hydrogens (primary N) is 1. The summed E-state index contributed by atoms with van der Waals surface area (Å²) < 4.78 is 18.0. The number of aliphatic hydroxyl groups excluding tert-OH is 2. The number of phenolic OH excluding ortho intramolecular Hbond substituents is 1. The lowest BCUT2D eigenvalue weighted by Crippen LogP contribution is -2.48. The minimum Gasteiger partial charge on any atom is -0.507 e. The van der Waals surface area contributed by atoms with Gasteiger partial charge in [-0.25, -0.2) is 9.97 Å². The van der Waals surface area contributed by atoms with E-state index in [0.717, 1.165) is 92.6 Å². The standard InChI is InChI=1S/C55H68N12O8S/c1-34(2)51(55(72)67-31-41(69)26-46(67)54(71)59-35(3)37-8-10-38(11-9-37)52-44(32-68)58-33-76-52)48-28-50(62-75-48)74-23-21-64-18-16-63(17-19-64)20-22-73-49-25-39(12-14-57-49)66-29-36-13-15-65(30-40(66)24-36)45-27-43(60-61-53(45)56)42-6-4-5-7-47(42)70/h4-12,14,25,27-28,33-36,40-41,46,51,68-70H,13,15-24,26,29-32H2,1-3H3,(H2,56,61)(H,59,71)/t35-,36?,40?,41+,46-,51?/m0/s1. The number of aromatic nitrogens is 5. The van der Waals surface area contributed by atoms with Gasteiger partial charge < -0.3 is 55.1 Å². The number of hydrogen-bond acceptors (Lipinski definition) is 19. The third-order valence-corrected chi connectivity index (χ3v) is 16.2. The number of aromatic hydroxyl groups is 1. The van der Waals surface area contributed by atoms with Crippen LogP contribution in [0.5, 0.6) is 17.5 Å². The first-order chi connectivity index (χ1) is 36.9. The summed E-state index contributed by atoms with van der Waals surface area (Å²) in [6, 6.07) is 21.6. The third-order valence-electron chi connectivity index (χ3n) is 15.3. The second-order valence-electron chi connectivity index (χ2n) is 20.7. The summed E-state index contributed by atoms with van der Waals surface area (Å²) in [5, 5.41) is 46.6. The number of nitrogens with zero attached hydrogens (tertiary/aromatic N) is 10. The number of pyridine rings is 1. The van der Waals surface area contributed by atoms with E-state index in [2.05, 4.69) is 62.4 Å². The van der Waals surface area contributed by atoms with Crippen LogP contribution in [0, 0.1) is 11.8 Å². The van der Waals surface area contributed by atoms with Gasteiger partial charge in [-0.3, -0.25) is 19.4 Å². The topological polar surface area (TPSA) is 245 Å². The average molecular weight is 1060 g/mol. The van der Waals surface area contributed by atoms with Crippen LogP contribution in [-0.4, -0.2) is 164 Å². The third kappa shape index (κ3) is 11.9. The number of nitrogen functional groups attached to an aromatic ring is 1. The number of likely N-dealkylation sites (tertiary alicyclic amines) is 1. The summed E-state index contributed by atoms with van der Waals surface area (Å²) in [6.45, 7) is 14.1. The summed E-state index contributed by atoms with van der Waals surface area (Å²) in [6.07, 6.45) is 3.22. The van der Waals surface area contributed by atoms with Gasteiger partial charge in [-0.2, -0.15) is 0 Å². The smallest absolute Gasteiger partial charge is 0.254 e. The van der Waals surface area contributed by atoms with Gasteiger partial charge in [0.25, 0.3) is 5.88 Å². The summed E-state index contributed by atoms with van der Waals surface area (Å²) in [5.41, 5.74) is 13.7. The van der Waals surface area contributed by atoms with E-state index in [1.165, 1.54) is 16.2 Å². The number of amides is 2. The number of thiazole rings is 1. The van der Waals surface area contributed by atoms with Crippen molar-refractivity contribution >= 4 is 40.3 Å². The van der Waals surface area contributed by atoms with E-state index in [1.54, 1.807) is 23.7 Å². The molecule has 402 valence electrons. The fourth-order valence-corrected chi connectivity index (χ4v) is 12.0. The van der Waals surface area contributed by atoms with Crippen molar-refractivity contribution < 1.29 is 38.9 Å². The Labute approximate surface area is 446 Å². The van der Waals surface area contributed by atoms with Crippen LogP contribution < -0.4 is 30.3 Å². The number of aliphatic hydroxyl groups is 2. The molecule has 6 atom stereocenters. The van der Waals surface area contributed by atoms with Crippen LogP contribution in [0.15, 0.2) is 89.0 Å². The zero-order valence-electron chi connectivity index (χ0n) is 43.3. The van der Waals surface area contributed by atoms with E-state index < -0.39 is 18.1 Å². The number of anilines is 3. The molecule has 4 fully saturated rings. The van der Waals surface area contributed by atoms with Gasteiger partial charge in [-0.05, 0) is 72.2 Å². The monoisotopic (exact) mass is 1060 g/mol. The van der Waals surface area contributed by atoms with Gasteiger partial charge in [0.15, 0.2) is 11.6 Å². The normalized spacial score (nSPS) is 20.9. The van der Waals surface area contributed by atoms with E-state index in [0.29, 0.717) is 66.0 Å². The second-order valence-corrected chi connectivity index (χ2v) is 21.6. The van der Waals surface area contributed by atoms with Crippen molar-refractivity contribution in [2.45, 2.75) is 76.8 Å². The van der Waals surface area contributed by atoms with Crippen molar-refractivity contribution in [3.63, 3.8) is 0 Å². The van der Waals surface area contributed by atoms with E-state index in [1.807, 2.05) is 69.4 Å². The Morgan fingerprint density at radius 1 is 0.882 bits per heavy atom. The van der Waals surface area contributed by atoms with Crippen LogP contribution in [0.25, 0.3) is 21.7 Å². The van der Waals surface area contributed by atoms with Crippen LogP contribution >= 0.6 is 11.3 Å². The molecule has 3 unspecified atom stereocenters. The highest BCUT2D eigenvalue weighted by atomic mass is 32.1. The van der Waals surface area contributed by atoms with Crippen molar-refractivity contribution in [3.05, 3.63) is 102 Å². The molecular weight excluding hydrogens is 989 g/mol. The lowest BCUT2D eigenvalue weighted by atomic mass is 9.91. The lowest BCUT2D eigenvalue weighted by Gasteiger charge is -2.35. The quantitative estimate of drug-likeness (QED) is 0.0701. The number of piperazine rings is 1. The van der Waals surface area contributed by atoms with Crippen LogP contribution in [0.2, 0.25) is 0 Å². The highest BCUT2D eigenvalue weighted by molar-refractivity contribution is 7.13. The molecule has 10 rings (SSSR count). The average Bonchev–Trinajstić information content (AvgIpc) is 4.24. The number of benzene rings is 2. The molecule has 6 N–H and O–H groups in total. The van der Waals surface area contributed by atoms with Crippen molar-refractivity contribution in [1.82, 2.24) is 45.3 Å². The molecule has 20 nitrogen and oxygen atoms in total. The Balaban J connectivity index is 0.658. The van der Waals surface area contributed by atoms with Crippen LogP contribution in [0.4, 0.5) is 17.2 Å². The predicted octanol–water partition coefficient (Wildman–Crippen LogP) is 5.19. The van der Waals surface area contributed by atoms with Crippen molar-refractivity contribution in [3.8, 4) is 39.2 Å². The fourth-order valence-electron chi connectivity index (χ4n) is 11.2. The zero-order valence-corrected chi connectivity index (χ0v) is 44.1. The molecule has 0 saturated carbocycles. The number of para-hydroxylation sites is 1. The lowest BCUT2D eigenvalue weighted by molar-refractivity contribution is -0.141. The summed E-state index contributed by atoms with van der Waals surface area (Å²) in [7, 11) is 0. The second kappa shape index (κ2) is 23.5. The highest BCUT2D eigenvalue weighted by Gasteiger charge is 2.44. The molecule has 0 aliphatic carbocycles. The number of ether oxygens (including phenoxy) is 2. The van der Waals surface area contributed by atoms with Crippen LogP contribution in [0.3, 0.4) is 0 Å². The Hall–Kier alpha value is -6.91. The minimum atomic E-state index is -0.859. The number of carbonyl (C=O) groups excluding carboxylic acids is 2. The van der Waals surface area contributed by atoms with Crippen LogP contribution in [0.1, 0.15) is 69.0 Å². The zero-order chi connectivity index (χ0) is 52.9. The summed E-state index contributed by atoms with van der Waals surface area (Å²) in [5.74, 6) is 0.726. The number of carbonyl (C=O) groups is 2. The summed E-state index contributed by atoms with van der Waals surface area (Å²) >= 11 is 1.46. The van der Waals surface area contributed by atoms with Gasteiger partial charge >= 0.3 is 0 Å². The fraction of sp³-hybridized carbons (Fsp3) is 0.473. The molecule has 4 aliphatic heterocycles. The maximum atomic E-state index is 14.3. The molecule has 76 heavy (non-hydrogen) atoms. The molecule has 8 heterocycles. The van der Waals surface area contributed by atoms with E-state index in [-0.39, 0.29) is 55.1 Å². The molecule has 6 aromatic rings. The van der Waals surface area contributed by atoms with Crippen LogP contribution in [-0.2, 0) is 16.2 Å². The number of β-amino-alcohol motifs (C(OH)–C–C–N with tert-alkyl or cyclic N) is 1. The molecule has 0 radical (unpaired) electrons. The van der Waals surface area contributed by atoms with Gasteiger partial charge in [-0.15, -0.1) is 21.5 Å². The van der Waals surface area contributed by atoms with E-state index in [4.69, 9.17) is 19.7 Å². The first-order valence-corrected chi connectivity index (χ1v) is 27.3. The Kier molecular flexibility index (Phi) is 16.3. The Bertz CT molecular complexity index is 2930. The number of rotatable bonds is 19. The first kappa shape index (κ1) is 52.5. The minimum absolute atomic E-state index is 0.0319. The first-order valence-electron chi connectivity index (χ1n) is 26.4. The van der Waals surface area contributed by atoms with Gasteiger partial charge in [0.1, 0.15) is 30.9 Å². The van der Waals surface area contributed by atoms with E-state index in [9.17, 15) is 24.9 Å². The van der Waals surface area contributed by atoms with Gasteiger partial charge in [-0.1, -0.05) is 50.2 Å². The van der Waals surface area contributed by atoms with Gasteiger partial charge in [0.2, 0.25) is 17.7 Å². The predicted molar refractivity (Wildman–Crippen MR) is 288 cm³/mol. The highest BCUT2D eigenvalue weighted by Crippen LogP contribution is 2.39. The molecule has 21 heteroatoms. The molecule has 2 aromatic carbocycles. The summed E-state index contributed by atoms with van der Waals surface area (Å²) in [4.78, 5) is 48.7. The SMILES string of the molecule is CC(C)C(C(=O)N1C[C@H](O)C[C@H]1C(=O)N[C@@H](C)c1ccc(-c2scnc2CO)cc1)c1cc(OCCN2CCN(CCOc3cc(N4CC5CCN(c6cc(-c7ccccc7O)nnc6N)CC4C5)ccn3)CC2)no1. The molecule has 2 amide bonds. The molecule has 4 saturated heterocycles. The number of fused-ring (bicyclic) bond motifs is 2. The van der Waals surface area contributed by atoms with E-state index >= 15 is 0 Å². The van der Waals surface area contributed by atoms with Crippen molar-refractivity contribution in [1.29, 1.82) is 0 Å². The Morgan fingerprint density at radius 2 is 1.63 bits per heavy atom. The van der Waals surface area contributed by atoms with Crippen molar-refractivity contribution in [2.24, 2.45) is 11.8 Å². The van der Waals surface area contributed by atoms with Crippen molar-refractivity contribution in [2.75, 3.05) is 94.2 Å². The molecule has 4 aromatic heterocycles. The maximum absolute atomic E-state index is 14.3. The number of phenols is 1. The molecular formula is C55H68N12O8S. The molecule has 2 bridgehead atoms. The molecule has 4 aliphatic rings. The maximum Gasteiger partial charge on any atom is 0.254 e.